The van der Waals surface area contributed by atoms with E-state index < -0.39 is 5.97 Å². The summed E-state index contributed by atoms with van der Waals surface area (Å²) in [6.45, 7) is 5.40. The summed E-state index contributed by atoms with van der Waals surface area (Å²) in [7, 11) is 1.58. The molecule has 0 aromatic heterocycles. The van der Waals surface area contributed by atoms with E-state index in [1.54, 1.807) is 19.2 Å². The van der Waals surface area contributed by atoms with Crippen LogP contribution in [0.4, 0.5) is 4.39 Å². The maximum atomic E-state index is 15.1. The summed E-state index contributed by atoms with van der Waals surface area (Å²) in [5.41, 5.74) is 4.07. The lowest BCUT2D eigenvalue weighted by Crippen LogP contribution is -2.30. The molecule has 2 fully saturated rings. The molecular weight excluding hydrogens is 507 g/mol. The molecule has 40 heavy (non-hydrogen) atoms. The molecule has 3 aromatic carbocycles. The number of methoxy groups -OCH3 is 1. The van der Waals surface area contributed by atoms with E-state index in [2.05, 4.69) is 19.9 Å². The van der Waals surface area contributed by atoms with E-state index in [4.69, 9.17) is 14.2 Å². The minimum Gasteiger partial charge on any atom is -0.497 e. The van der Waals surface area contributed by atoms with Gasteiger partial charge in [0, 0.05) is 12.2 Å². The fraction of sp³-hybridized carbons (Fsp3) is 0.441. The van der Waals surface area contributed by atoms with Crippen molar-refractivity contribution in [2.45, 2.75) is 71.0 Å². The van der Waals surface area contributed by atoms with Crippen molar-refractivity contribution in [2.75, 3.05) is 13.7 Å². The van der Waals surface area contributed by atoms with Crippen molar-refractivity contribution in [3.05, 3.63) is 83.2 Å². The zero-order valence-electron chi connectivity index (χ0n) is 23.6. The number of benzene rings is 3. The molecule has 1 unspecified atom stereocenters. The number of carboxylic acid groups (broad SMARTS) is 1. The Hall–Kier alpha value is -3.38. The van der Waals surface area contributed by atoms with Crippen LogP contribution in [0.15, 0.2) is 60.7 Å². The summed E-state index contributed by atoms with van der Waals surface area (Å²) in [4.78, 5) is 11.5. The lowest BCUT2D eigenvalue weighted by molar-refractivity contribution is -0.137. The summed E-state index contributed by atoms with van der Waals surface area (Å²) in [6, 6.07) is 18.6. The summed E-state index contributed by atoms with van der Waals surface area (Å²) < 4.78 is 33.0. The summed E-state index contributed by atoms with van der Waals surface area (Å²) in [5.74, 6) is 0.849. The fourth-order valence-electron chi connectivity index (χ4n) is 5.93. The number of halogens is 1. The molecule has 1 saturated carbocycles. The first-order valence-corrected chi connectivity index (χ1v) is 14.3. The molecule has 2 atom stereocenters. The molecule has 1 N–H and O–H groups in total. The van der Waals surface area contributed by atoms with Crippen LogP contribution in [0.3, 0.4) is 0 Å². The number of carbonyl (C=O) groups is 1. The van der Waals surface area contributed by atoms with Gasteiger partial charge in [0.15, 0.2) is 0 Å². The molecule has 0 radical (unpaired) electrons. The standard InChI is InChI=1S/C34H39FO5/c1-34(2)14-5-15-39-33(34)30-17-23(10-12-28(30)29-20-26(38-3)11-13-31(29)35)21-40-27-7-4-6-24(18-27)25(19-32(36)37)16-22-8-9-22/h4,6-7,10-13,17-18,20,22,25,33H,5,8-9,14-16,19,21H2,1-3H3,(H,36,37)/t25?,33-/m1/s1. The maximum Gasteiger partial charge on any atom is 0.303 e. The summed E-state index contributed by atoms with van der Waals surface area (Å²) in [6.07, 6.45) is 5.22. The molecule has 1 saturated heterocycles. The minimum absolute atomic E-state index is 0.0112. The third kappa shape index (κ3) is 6.67. The highest BCUT2D eigenvalue weighted by Crippen LogP contribution is 2.47. The van der Waals surface area contributed by atoms with Gasteiger partial charge in [0.25, 0.3) is 0 Å². The molecule has 212 valence electrons. The van der Waals surface area contributed by atoms with Gasteiger partial charge in [0.2, 0.25) is 0 Å². The van der Waals surface area contributed by atoms with Gasteiger partial charge >= 0.3 is 5.97 Å². The summed E-state index contributed by atoms with van der Waals surface area (Å²) in [5, 5.41) is 9.45. The van der Waals surface area contributed by atoms with Gasteiger partial charge in [-0.1, -0.05) is 51.0 Å². The fourth-order valence-corrected chi connectivity index (χ4v) is 5.93. The van der Waals surface area contributed by atoms with Gasteiger partial charge in [0.1, 0.15) is 23.9 Å². The smallest absolute Gasteiger partial charge is 0.303 e. The van der Waals surface area contributed by atoms with Crippen LogP contribution in [-0.2, 0) is 16.1 Å². The van der Waals surface area contributed by atoms with Crippen molar-refractivity contribution < 1.29 is 28.5 Å². The number of carboxylic acids is 1. The monoisotopic (exact) mass is 546 g/mol. The zero-order chi connectivity index (χ0) is 28.3. The van der Waals surface area contributed by atoms with E-state index in [-0.39, 0.29) is 29.7 Å². The van der Waals surface area contributed by atoms with Gasteiger partial charge in [-0.25, -0.2) is 4.39 Å². The van der Waals surface area contributed by atoms with E-state index in [0.29, 0.717) is 36.2 Å². The van der Waals surface area contributed by atoms with Gasteiger partial charge in [-0.05, 0) is 95.2 Å². The van der Waals surface area contributed by atoms with E-state index in [0.717, 1.165) is 41.5 Å². The highest BCUT2D eigenvalue weighted by atomic mass is 19.1. The highest BCUT2D eigenvalue weighted by molar-refractivity contribution is 5.71. The Morgan fingerprint density at radius 3 is 2.62 bits per heavy atom. The van der Waals surface area contributed by atoms with Crippen LogP contribution >= 0.6 is 0 Å². The second kappa shape index (κ2) is 12.0. The van der Waals surface area contributed by atoms with Crippen molar-refractivity contribution in [3.63, 3.8) is 0 Å². The average Bonchev–Trinajstić information content (AvgIpc) is 3.76. The van der Waals surface area contributed by atoms with E-state index >= 15 is 4.39 Å². The van der Waals surface area contributed by atoms with Gasteiger partial charge in [0.05, 0.1) is 19.6 Å². The maximum absolute atomic E-state index is 15.1. The van der Waals surface area contributed by atoms with E-state index in [1.807, 2.05) is 36.4 Å². The number of hydrogen-bond acceptors (Lipinski definition) is 4. The third-order valence-corrected chi connectivity index (χ3v) is 8.29. The Morgan fingerprint density at radius 1 is 1.07 bits per heavy atom. The quantitative estimate of drug-likeness (QED) is 0.262. The molecule has 0 spiro atoms. The number of aliphatic carboxylic acids is 1. The van der Waals surface area contributed by atoms with Gasteiger partial charge in [-0.2, -0.15) is 0 Å². The van der Waals surface area contributed by atoms with Gasteiger partial charge < -0.3 is 19.3 Å². The number of ether oxygens (including phenoxy) is 3. The molecule has 6 heteroatoms. The molecule has 1 aliphatic heterocycles. The van der Waals surface area contributed by atoms with Gasteiger partial charge in [-0.15, -0.1) is 0 Å². The lowest BCUT2D eigenvalue weighted by Gasteiger charge is -2.39. The predicted octanol–water partition coefficient (Wildman–Crippen LogP) is 8.32. The average molecular weight is 547 g/mol. The molecule has 1 heterocycles. The molecule has 3 aromatic rings. The first kappa shape index (κ1) is 28.2. The normalized spacial score (nSPS) is 19.1. The van der Waals surface area contributed by atoms with Crippen molar-refractivity contribution in [1.82, 2.24) is 0 Å². The number of hydrogen-bond donors (Lipinski definition) is 1. The summed E-state index contributed by atoms with van der Waals surface area (Å²) >= 11 is 0. The van der Waals surface area contributed by atoms with Crippen LogP contribution in [0.1, 0.15) is 81.1 Å². The second-order valence-electron chi connectivity index (χ2n) is 11.9. The second-order valence-corrected chi connectivity index (χ2v) is 11.9. The number of rotatable bonds is 11. The SMILES string of the molecule is COc1ccc(F)c(-c2ccc(COc3cccc(C(CC(=O)O)CC4CC4)c3)cc2[C@H]2OCCCC2(C)C)c1. The Balaban J connectivity index is 1.43. The first-order valence-electron chi connectivity index (χ1n) is 14.3. The van der Waals surface area contributed by atoms with Crippen LogP contribution in [0.2, 0.25) is 0 Å². The van der Waals surface area contributed by atoms with Crippen molar-refractivity contribution >= 4 is 5.97 Å². The van der Waals surface area contributed by atoms with Crippen LogP contribution in [-0.4, -0.2) is 24.8 Å². The van der Waals surface area contributed by atoms with Crippen LogP contribution < -0.4 is 9.47 Å². The van der Waals surface area contributed by atoms with E-state index in [9.17, 15) is 9.90 Å². The Kier molecular flexibility index (Phi) is 8.46. The molecule has 5 rings (SSSR count). The molecular formula is C34H39FO5. The Morgan fingerprint density at radius 2 is 1.90 bits per heavy atom. The predicted molar refractivity (Wildman–Crippen MR) is 153 cm³/mol. The largest absolute Gasteiger partial charge is 0.497 e. The first-order chi connectivity index (χ1) is 19.2. The Labute approximate surface area is 236 Å². The van der Waals surface area contributed by atoms with Gasteiger partial charge in [-0.3, -0.25) is 4.79 Å². The zero-order valence-corrected chi connectivity index (χ0v) is 23.6. The topological polar surface area (TPSA) is 65.0 Å². The highest BCUT2D eigenvalue weighted by Gasteiger charge is 2.36. The van der Waals surface area contributed by atoms with Crippen LogP contribution in [0, 0.1) is 17.2 Å². The Bertz CT molecular complexity index is 1350. The lowest BCUT2D eigenvalue weighted by atomic mass is 9.75. The van der Waals surface area contributed by atoms with Crippen molar-refractivity contribution in [1.29, 1.82) is 0 Å². The third-order valence-electron chi connectivity index (χ3n) is 8.29. The van der Waals surface area contributed by atoms with E-state index in [1.165, 1.54) is 18.9 Å². The van der Waals surface area contributed by atoms with Crippen LogP contribution in [0.5, 0.6) is 11.5 Å². The van der Waals surface area contributed by atoms with Crippen molar-refractivity contribution in [2.24, 2.45) is 11.3 Å². The molecule has 0 bridgehead atoms. The van der Waals surface area contributed by atoms with Crippen LogP contribution in [0.25, 0.3) is 11.1 Å². The molecule has 5 nitrogen and oxygen atoms in total. The molecule has 2 aliphatic rings. The molecule has 0 amide bonds. The molecule has 1 aliphatic carbocycles. The minimum atomic E-state index is -0.773. The van der Waals surface area contributed by atoms with Crippen molar-refractivity contribution in [3.8, 4) is 22.6 Å².